The van der Waals surface area contributed by atoms with Crippen LogP contribution >= 0.6 is 11.8 Å². The molecule has 0 unspecified atom stereocenters. The van der Waals surface area contributed by atoms with Crippen molar-refractivity contribution >= 4 is 112 Å². The molecular weight excluding hydrogens is 1490 g/mol. The van der Waals surface area contributed by atoms with E-state index in [1.54, 1.807) is 73.8 Å². The molecule has 39 nitrogen and oxygen atoms in total. The van der Waals surface area contributed by atoms with Crippen molar-refractivity contribution in [1.29, 1.82) is 0 Å². The molecule has 2 aromatic rings. The van der Waals surface area contributed by atoms with E-state index >= 15 is 0 Å². The number of likely N-dealkylation sites (tertiary alicyclic amines) is 1. The molecule has 0 radical (unpaired) electrons. The molecule has 0 aromatic heterocycles. The van der Waals surface area contributed by atoms with Gasteiger partial charge in [0.1, 0.15) is 78.0 Å². The van der Waals surface area contributed by atoms with E-state index in [9.17, 15) is 107 Å². The van der Waals surface area contributed by atoms with Crippen LogP contribution in [0.4, 0.5) is 0 Å². The number of rotatable bonds is 49. The van der Waals surface area contributed by atoms with Gasteiger partial charge in [0.15, 0.2) is 0 Å². The van der Waals surface area contributed by atoms with Gasteiger partial charge in [-0.2, -0.15) is 11.8 Å². The number of carbonyl (C=O) groups excluding carboxylic acids is 16. The molecule has 24 N–H and O–H groups in total. The van der Waals surface area contributed by atoms with E-state index in [0.29, 0.717) is 23.3 Å². The Morgan fingerprint density at radius 1 is 0.482 bits per heavy atom. The Labute approximate surface area is 652 Å². The number of carboxylic acids is 1. The largest absolute Gasteiger partial charge is 0.508 e. The number of aromatic hydroxyl groups is 2. The second kappa shape index (κ2) is 48.1. The third-order valence-electron chi connectivity index (χ3n) is 18.0. The highest BCUT2D eigenvalue weighted by molar-refractivity contribution is 7.98. The van der Waals surface area contributed by atoms with E-state index in [2.05, 4.69) is 69.1 Å². The summed E-state index contributed by atoms with van der Waals surface area (Å²) in [7, 11) is 0. The molecule has 16 amide bonds. The van der Waals surface area contributed by atoms with Crippen molar-refractivity contribution in [2.24, 2.45) is 40.9 Å². The summed E-state index contributed by atoms with van der Waals surface area (Å²) in [5.41, 5.74) is 17.7. The summed E-state index contributed by atoms with van der Waals surface area (Å²) in [5.74, 6) is -17.8. The van der Waals surface area contributed by atoms with Gasteiger partial charge in [0.25, 0.3) is 0 Å². The van der Waals surface area contributed by atoms with Crippen LogP contribution in [0.2, 0.25) is 0 Å². The number of phenolic OH excluding ortho intramolecular Hbond substituents is 2. The molecular formula is C72H111N17O22S. The maximum Gasteiger partial charge on any atom is 0.326 e. The Morgan fingerprint density at radius 2 is 0.920 bits per heavy atom. The number of hydrogen-bond donors (Lipinski definition) is 21. The summed E-state index contributed by atoms with van der Waals surface area (Å²) in [6, 6.07) is -5.71. The van der Waals surface area contributed by atoms with Crippen LogP contribution in [0.5, 0.6) is 11.5 Å². The molecule has 0 bridgehead atoms. The Morgan fingerprint density at radius 3 is 1.44 bits per heavy atom. The molecule has 1 aliphatic rings. The molecule has 0 spiro atoms. The van der Waals surface area contributed by atoms with E-state index < -0.39 is 236 Å². The maximum atomic E-state index is 14.5. The summed E-state index contributed by atoms with van der Waals surface area (Å²) in [5, 5.41) is 81.5. The van der Waals surface area contributed by atoms with Crippen LogP contribution in [0.25, 0.3) is 0 Å². The Hall–Kier alpha value is -10.7. The number of aliphatic carboxylic acids is 1. The topological polar surface area (TPSA) is 629 Å². The lowest BCUT2D eigenvalue weighted by atomic mass is 9.96. The predicted octanol–water partition coefficient (Wildman–Crippen LogP) is -5.84. The van der Waals surface area contributed by atoms with Crippen molar-refractivity contribution in [3.63, 3.8) is 0 Å². The number of carbonyl (C=O) groups is 17. The van der Waals surface area contributed by atoms with Crippen LogP contribution in [0.1, 0.15) is 124 Å². The van der Waals surface area contributed by atoms with Gasteiger partial charge in [-0.1, -0.05) is 86.1 Å². The van der Waals surface area contributed by atoms with Crippen molar-refractivity contribution in [3.05, 3.63) is 59.7 Å². The van der Waals surface area contributed by atoms with Gasteiger partial charge in [0, 0.05) is 25.8 Å². The minimum absolute atomic E-state index is 0.0187. The number of nitrogens with zero attached hydrogens (tertiary/aromatic N) is 1. The first-order chi connectivity index (χ1) is 52.7. The maximum absolute atomic E-state index is 14.5. The van der Waals surface area contributed by atoms with Crippen LogP contribution in [0, 0.1) is 23.7 Å². The number of amides is 16. The minimum Gasteiger partial charge on any atom is -0.508 e. The number of primary amides is 2. The van der Waals surface area contributed by atoms with Crippen molar-refractivity contribution in [3.8, 4) is 11.5 Å². The molecule has 622 valence electrons. The highest BCUT2D eigenvalue weighted by atomic mass is 32.2. The van der Waals surface area contributed by atoms with Crippen LogP contribution in [-0.2, 0) is 94.3 Å². The zero-order valence-corrected chi connectivity index (χ0v) is 65.2. The van der Waals surface area contributed by atoms with Gasteiger partial charge in [0.05, 0.1) is 38.9 Å². The molecule has 3 rings (SSSR count). The first-order valence-corrected chi connectivity index (χ1v) is 38.1. The fraction of sp³-hybridized carbons (Fsp3) is 0.597. The monoisotopic (exact) mass is 1600 g/mol. The van der Waals surface area contributed by atoms with Crippen molar-refractivity contribution in [2.75, 3.05) is 51.4 Å². The van der Waals surface area contributed by atoms with Gasteiger partial charge >= 0.3 is 5.97 Å². The average molecular weight is 1600 g/mol. The number of hydrogen-bond acceptors (Lipinski definition) is 23. The van der Waals surface area contributed by atoms with Crippen molar-refractivity contribution in [2.45, 2.75) is 199 Å². The first-order valence-electron chi connectivity index (χ1n) is 36.7. The van der Waals surface area contributed by atoms with E-state index in [0.717, 1.165) is 0 Å². The summed E-state index contributed by atoms with van der Waals surface area (Å²) in [4.78, 5) is 228. The van der Waals surface area contributed by atoms with Crippen molar-refractivity contribution in [1.82, 2.24) is 74.0 Å². The fourth-order valence-electron chi connectivity index (χ4n) is 11.4. The zero-order valence-electron chi connectivity index (χ0n) is 64.3. The van der Waals surface area contributed by atoms with Gasteiger partial charge in [0.2, 0.25) is 94.5 Å². The number of benzene rings is 2. The standard InChI is InChI=1S/C72H111N17O22S/c1-10-39(8)60(70(108)87-59(38(6)7)69(107)82-46(25-27-112-9)71(109)89-26-11-12-52(89)67(105)86-58(37(4)5)68(106)78-31-55(96)76-32-56(97)79-47(72(110)111)22-24-54(75)95)88-66(104)51(35-91)85-64(102)48(28-36(2)3)80-57(98)33-77-62(100)50(34-90)84-63(101)45(21-23-53(74)94)81-65(103)49(30-41-15-19-43(93)20-16-41)83-61(99)44(73)29-40-13-17-42(92)18-14-40/h13-20,36-39,44-52,58-60,90-93H,10-12,21-35,73H2,1-9H3,(H2,74,94)(H2,75,95)(H,76,96)(H,77,100)(H,78,106)(H,79,97)(H,80,98)(H,81,103)(H,82,107)(H,83,99)(H,84,101)(H,85,102)(H,86,105)(H,87,108)(H,88,104)(H,110,111)/t39-,44-,45-,46-,47-,48-,49-,50-,51-,52-,58-,59-,60-/m0/s1. The number of nitrogens with two attached hydrogens (primary N) is 3. The molecule has 112 heavy (non-hydrogen) atoms. The quantitative estimate of drug-likeness (QED) is 0.0293. The van der Waals surface area contributed by atoms with E-state index in [-0.39, 0.29) is 75.3 Å². The lowest BCUT2D eigenvalue weighted by molar-refractivity contribution is -0.143. The third kappa shape index (κ3) is 33.1. The Bertz CT molecular complexity index is 3590. The molecule has 1 fully saturated rings. The molecule has 1 aliphatic heterocycles. The summed E-state index contributed by atoms with van der Waals surface area (Å²) < 4.78 is 0. The Balaban J connectivity index is 1.70. The number of aliphatic hydroxyl groups excluding tert-OH is 2. The smallest absolute Gasteiger partial charge is 0.326 e. The van der Waals surface area contributed by atoms with Crippen LogP contribution < -0.4 is 86.3 Å². The molecule has 2 aromatic carbocycles. The predicted molar refractivity (Wildman–Crippen MR) is 405 cm³/mol. The van der Waals surface area contributed by atoms with Gasteiger partial charge in [-0.15, -0.1) is 0 Å². The third-order valence-corrected chi connectivity index (χ3v) is 18.6. The minimum atomic E-state index is -1.81. The summed E-state index contributed by atoms with van der Waals surface area (Å²) in [6.07, 6.45) is 0.735. The van der Waals surface area contributed by atoms with Crippen molar-refractivity contribution < 1.29 is 107 Å². The normalized spacial score (nSPS) is 15.7. The summed E-state index contributed by atoms with van der Waals surface area (Å²) >= 11 is 1.36. The molecule has 1 saturated heterocycles. The molecule has 0 aliphatic carbocycles. The van der Waals surface area contributed by atoms with Gasteiger partial charge < -0.3 is 117 Å². The number of nitrogens with one attached hydrogen (secondary N) is 13. The van der Waals surface area contributed by atoms with E-state index in [4.69, 9.17) is 17.2 Å². The number of thioether (sulfide) groups is 1. The lowest BCUT2D eigenvalue weighted by Crippen LogP contribution is -2.62. The van der Waals surface area contributed by atoms with Crippen LogP contribution in [0.3, 0.4) is 0 Å². The van der Waals surface area contributed by atoms with Gasteiger partial charge in [-0.3, -0.25) is 76.7 Å². The average Bonchev–Trinajstić information content (AvgIpc) is 1.64. The summed E-state index contributed by atoms with van der Waals surface area (Å²) in [6.45, 7) is 8.88. The number of carboxylic acid groups (broad SMARTS) is 1. The second-order valence-corrected chi connectivity index (χ2v) is 29.2. The van der Waals surface area contributed by atoms with E-state index in [1.807, 2.05) is 0 Å². The Kier molecular flexibility index (Phi) is 41.0. The number of phenols is 2. The SMILES string of the molecule is CC[C@H](C)[C@H](NC(=O)[C@H](CO)NC(=O)[C@H](CC(C)C)NC(=O)CNC(=O)[C@H](CO)NC(=O)[C@H](CCC(N)=O)NC(=O)[C@H](Cc1ccc(O)cc1)NC(=O)[C@@H](N)Cc1ccc(O)cc1)C(=O)N[C@H](C(=O)N[C@@H](CCSC)C(=O)N1CCC[C@H]1C(=O)N[C@H](C(=O)NCC(=O)NCC(=O)N[C@@H](CCC(N)=O)C(=O)O)C(C)C)C(C)C. The first kappa shape index (κ1) is 95.5. The molecule has 40 heteroatoms. The highest BCUT2D eigenvalue weighted by Gasteiger charge is 2.42. The fourth-order valence-corrected chi connectivity index (χ4v) is 11.9. The molecule has 0 saturated carbocycles. The van der Waals surface area contributed by atoms with Crippen LogP contribution in [0.15, 0.2) is 48.5 Å². The van der Waals surface area contributed by atoms with Gasteiger partial charge in [-0.25, -0.2) is 4.79 Å². The zero-order chi connectivity index (χ0) is 84.2. The van der Waals surface area contributed by atoms with E-state index in [1.165, 1.54) is 53.1 Å². The molecule has 13 atom stereocenters. The van der Waals surface area contributed by atoms with Crippen LogP contribution in [-0.4, -0.2) is 255 Å². The lowest BCUT2D eigenvalue weighted by Gasteiger charge is -2.32. The number of aliphatic hydroxyl groups is 2. The van der Waals surface area contributed by atoms with Gasteiger partial charge in [-0.05, 0) is 116 Å². The second-order valence-electron chi connectivity index (χ2n) is 28.3. The molecule has 1 heterocycles. The highest BCUT2D eigenvalue weighted by Crippen LogP contribution is 2.22.